The first-order valence-electron chi connectivity index (χ1n) is 4.06. The van der Waals surface area contributed by atoms with Crippen LogP contribution in [-0.4, -0.2) is 4.98 Å². The molecule has 0 aromatic carbocycles. The summed E-state index contributed by atoms with van der Waals surface area (Å²) in [5.41, 5.74) is -0.122. The molecule has 0 aliphatic rings. The zero-order valence-corrected chi connectivity index (χ0v) is 7.23. The van der Waals surface area contributed by atoms with Crippen LogP contribution in [0.3, 0.4) is 0 Å². The number of hydrogen-bond acceptors (Lipinski definition) is 1. The highest BCUT2D eigenvalue weighted by molar-refractivity contribution is 5.19. The van der Waals surface area contributed by atoms with E-state index in [0.29, 0.717) is 12.1 Å². The first-order chi connectivity index (χ1) is 6.04. The minimum absolute atomic E-state index is 0.498. The summed E-state index contributed by atoms with van der Waals surface area (Å²) < 4.78 is 36.5. The quantitative estimate of drug-likeness (QED) is 0.696. The van der Waals surface area contributed by atoms with Gasteiger partial charge in [0.2, 0.25) is 0 Å². The molecular weight excluding hydrogens is 179 g/mol. The molecular formula is C9H10F3N. The fourth-order valence-electron chi connectivity index (χ4n) is 1.05. The van der Waals surface area contributed by atoms with E-state index in [-0.39, 0.29) is 0 Å². The van der Waals surface area contributed by atoms with Gasteiger partial charge in [-0.3, -0.25) is 4.98 Å². The van der Waals surface area contributed by atoms with Crippen molar-refractivity contribution in [1.29, 1.82) is 0 Å². The zero-order chi connectivity index (χ0) is 9.90. The van der Waals surface area contributed by atoms with Crippen molar-refractivity contribution in [3.05, 3.63) is 29.6 Å². The lowest BCUT2D eigenvalue weighted by Gasteiger charge is -2.06. The van der Waals surface area contributed by atoms with Gasteiger partial charge in [0.25, 0.3) is 0 Å². The third-order valence-electron chi connectivity index (χ3n) is 1.65. The molecule has 1 aromatic rings. The van der Waals surface area contributed by atoms with Gasteiger partial charge >= 0.3 is 6.18 Å². The molecule has 1 rings (SSSR count). The first kappa shape index (κ1) is 10.0. The fraction of sp³-hybridized carbons (Fsp3) is 0.444. The lowest BCUT2D eigenvalue weighted by Crippen LogP contribution is -2.06. The molecule has 0 bridgehead atoms. The van der Waals surface area contributed by atoms with E-state index in [1.54, 1.807) is 0 Å². The Morgan fingerprint density at radius 3 is 2.62 bits per heavy atom. The Hall–Kier alpha value is -1.06. The molecule has 0 atom stereocenters. The minimum atomic E-state index is -4.26. The topological polar surface area (TPSA) is 12.9 Å². The number of halogens is 3. The largest absolute Gasteiger partial charge is 0.416 e. The van der Waals surface area contributed by atoms with E-state index >= 15 is 0 Å². The second-order valence-electron chi connectivity index (χ2n) is 2.78. The predicted octanol–water partition coefficient (Wildman–Crippen LogP) is 3.05. The number of nitrogens with zero attached hydrogens (tertiary/aromatic N) is 1. The van der Waals surface area contributed by atoms with Gasteiger partial charge in [-0.15, -0.1) is 0 Å². The summed E-state index contributed by atoms with van der Waals surface area (Å²) in [6.45, 7) is 1.90. The van der Waals surface area contributed by atoms with E-state index in [0.717, 1.165) is 18.6 Å². The fourth-order valence-corrected chi connectivity index (χ4v) is 1.05. The van der Waals surface area contributed by atoms with E-state index in [4.69, 9.17) is 0 Å². The minimum Gasteiger partial charge on any atom is -0.261 e. The van der Waals surface area contributed by atoms with Crippen molar-refractivity contribution in [2.24, 2.45) is 0 Å². The molecule has 0 saturated heterocycles. The van der Waals surface area contributed by atoms with Gasteiger partial charge in [0.15, 0.2) is 0 Å². The number of rotatable bonds is 2. The summed E-state index contributed by atoms with van der Waals surface area (Å²) in [5, 5.41) is 0. The number of aryl methyl sites for hydroxylation is 1. The number of pyridine rings is 1. The van der Waals surface area contributed by atoms with Crippen LogP contribution in [0, 0.1) is 0 Å². The molecule has 0 unspecified atom stereocenters. The summed E-state index contributed by atoms with van der Waals surface area (Å²) in [6, 6.07) is 2.09. The molecule has 13 heavy (non-hydrogen) atoms. The molecule has 1 aromatic heterocycles. The maximum absolute atomic E-state index is 12.2. The molecule has 0 aliphatic carbocycles. The van der Waals surface area contributed by atoms with Gasteiger partial charge in [-0.1, -0.05) is 13.3 Å². The van der Waals surface area contributed by atoms with Gasteiger partial charge in [0, 0.05) is 11.9 Å². The molecule has 1 heterocycles. The van der Waals surface area contributed by atoms with Crippen molar-refractivity contribution in [3.8, 4) is 0 Å². The molecule has 4 heteroatoms. The summed E-state index contributed by atoms with van der Waals surface area (Å²) in [4.78, 5) is 3.84. The highest BCUT2D eigenvalue weighted by Gasteiger charge is 2.30. The molecule has 0 radical (unpaired) electrons. The second kappa shape index (κ2) is 3.77. The molecule has 0 fully saturated rings. The lowest BCUT2D eigenvalue weighted by molar-refractivity contribution is -0.137. The van der Waals surface area contributed by atoms with Crippen LogP contribution in [0.15, 0.2) is 18.3 Å². The molecule has 0 aliphatic heterocycles. The average Bonchev–Trinajstić information content (AvgIpc) is 2.04. The number of alkyl halides is 3. The molecule has 0 saturated carbocycles. The van der Waals surface area contributed by atoms with Crippen molar-refractivity contribution in [2.45, 2.75) is 25.9 Å². The van der Waals surface area contributed by atoms with Crippen LogP contribution in [-0.2, 0) is 12.6 Å². The third-order valence-corrected chi connectivity index (χ3v) is 1.65. The smallest absolute Gasteiger partial charge is 0.261 e. The van der Waals surface area contributed by atoms with Gasteiger partial charge in [-0.05, 0) is 18.6 Å². The average molecular weight is 189 g/mol. The lowest BCUT2D eigenvalue weighted by atomic mass is 10.1. The number of aromatic nitrogens is 1. The van der Waals surface area contributed by atoms with Gasteiger partial charge in [-0.25, -0.2) is 0 Å². The Labute approximate surface area is 74.6 Å². The van der Waals surface area contributed by atoms with Gasteiger partial charge < -0.3 is 0 Å². The van der Waals surface area contributed by atoms with Crippen LogP contribution in [0.5, 0.6) is 0 Å². The Morgan fingerprint density at radius 1 is 1.38 bits per heavy atom. The van der Waals surface area contributed by atoms with E-state index in [1.165, 1.54) is 6.20 Å². The van der Waals surface area contributed by atoms with E-state index in [2.05, 4.69) is 4.98 Å². The zero-order valence-electron chi connectivity index (χ0n) is 7.23. The Balaban J connectivity index is 2.92. The van der Waals surface area contributed by atoms with Gasteiger partial charge in [0.1, 0.15) is 0 Å². The van der Waals surface area contributed by atoms with E-state index in [9.17, 15) is 13.2 Å². The first-order valence-corrected chi connectivity index (χ1v) is 4.06. The van der Waals surface area contributed by atoms with Gasteiger partial charge in [0.05, 0.1) is 5.56 Å². The summed E-state index contributed by atoms with van der Waals surface area (Å²) in [7, 11) is 0. The van der Waals surface area contributed by atoms with Crippen molar-refractivity contribution in [1.82, 2.24) is 4.98 Å². The normalized spacial score (nSPS) is 11.7. The predicted molar refractivity (Wildman–Crippen MR) is 43.2 cm³/mol. The van der Waals surface area contributed by atoms with Crippen molar-refractivity contribution < 1.29 is 13.2 Å². The van der Waals surface area contributed by atoms with Gasteiger partial charge in [-0.2, -0.15) is 13.2 Å². The van der Waals surface area contributed by atoms with Crippen LogP contribution >= 0.6 is 0 Å². The third kappa shape index (κ3) is 2.72. The Bertz CT molecular complexity index is 280. The summed E-state index contributed by atoms with van der Waals surface area (Å²) >= 11 is 0. The highest BCUT2D eigenvalue weighted by Crippen LogP contribution is 2.29. The van der Waals surface area contributed by atoms with Crippen LogP contribution < -0.4 is 0 Å². The SMILES string of the molecule is CCCc1cc(C(F)(F)F)ccn1. The summed E-state index contributed by atoms with van der Waals surface area (Å²) in [6.07, 6.45) is -1.67. The van der Waals surface area contributed by atoms with E-state index < -0.39 is 11.7 Å². The monoisotopic (exact) mass is 189 g/mol. The maximum Gasteiger partial charge on any atom is 0.416 e. The summed E-state index contributed by atoms with van der Waals surface area (Å²) in [5.74, 6) is 0. The number of hydrogen-bond donors (Lipinski definition) is 0. The Morgan fingerprint density at radius 2 is 2.08 bits per heavy atom. The van der Waals surface area contributed by atoms with Crippen molar-refractivity contribution in [2.75, 3.05) is 0 Å². The molecule has 72 valence electrons. The molecule has 0 amide bonds. The second-order valence-corrected chi connectivity index (χ2v) is 2.78. The van der Waals surface area contributed by atoms with Crippen LogP contribution in [0.1, 0.15) is 24.6 Å². The molecule has 0 N–H and O–H groups in total. The van der Waals surface area contributed by atoms with Crippen molar-refractivity contribution in [3.63, 3.8) is 0 Å². The van der Waals surface area contributed by atoms with Crippen LogP contribution in [0.2, 0.25) is 0 Å². The van der Waals surface area contributed by atoms with Crippen LogP contribution in [0.4, 0.5) is 13.2 Å². The molecule has 0 spiro atoms. The maximum atomic E-state index is 12.2. The standard InChI is InChI=1S/C9H10F3N/c1-2-3-8-6-7(4-5-13-8)9(10,11)12/h4-6H,2-3H2,1H3. The highest BCUT2D eigenvalue weighted by atomic mass is 19.4. The van der Waals surface area contributed by atoms with Crippen molar-refractivity contribution >= 4 is 0 Å². The molecule has 1 nitrogen and oxygen atoms in total. The van der Waals surface area contributed by atoms with E-state index in [1.807, 2.05) is 6.92 Å². The van der Waals surface area contributed by atoms with Crippen LogP contribution in [0.25, 0.3) is 0 Å². The Kier molecular flexibility index (Phi) is 2.90.